The van der Waals surface area contributed by atoms with E-state index in [4.69, 9.17) is 0 Å². The Hall–Kier alpha value is -0.980. The minimum Gasteiger partial charge on any atom is -0.314 e. The van der Waals surface area contributed by atoms with Gasteiger partial charge in [0.1, 0.15) is 0 Å². The average molecular weight is 282 g/mol. The SMILES string of the molecule is CC(C)c1csc(NC(=O)C(C)N2CCNCC2)n1. The fourth-order valence-electron chi connectivity index (χ4n) is 2.05. The predicted octanol–water partition coefficient (Wildman–Crippen LogP) is 1.50. The Balaban J connectivity index is 1.91. The summed E-state index contributed by atoms with van der Waals surface area (Å²) >= 11 is 1.50. The third-order valence-corrected chi connectivity index (χ3v) is 4.20. The minimum atomic E-state index is -0.103. The Kier molecular flexibility index (Phi) is 4.90. The number of nitrogens with zero attached hydrogens (tertiary/aromatic N) is 2. The van der Waals surface area contributed by atoms with Crippen LogP contribution in [-0.4, -0.2) is 48.0 Å². The van der Waals surface area contributed by atoms with Crippen molar-refractivity contribution < 1.29 is 4.79 Å². The Morgan fingerprint density at radius 1 is 1.42 bits per heavy atom. The molecular formula is C13H22N4OS. The van der Waals surface area contributed by atoms with Gasteiger partial charge in [-0.05, 0) is 12.8 Å². The second-order valence-corrected chi connectivity index (χ2v) is 6.04. The zero-order valence-corrected chi connectivity index (χ0v) is 12.6. The van der Waals surface area contributed by atoms with Crippen LogP contribution in [0, 0.1) is 0 Å². The fourth-order valence-corrected chi connectivity index (χ4v) is 2.93. The van der Waals surface area contributed by atoms with Crippen LogP contribution in [0.25, 0.3) is 0 Å². The monoisotopic (exact) mass is 282 g/mol. The number of rotatable bonds is 4. The van der Waals surface area contributed by atoms with Crippen molar-refractivity contribution in [2.45, 2.75) is 32.7 Å². The van der Waals surface area contributed by atoms with Gasteiger partial charge in [0.05, 0.1) is 11.7 Å². The number of anilines is 1. The van der Waals surface area contributed by atoms with Crippen LogP contribution < -0.4 is 10.6 Å². The molecule has 0 radical (unpaired) electrons. The molecule has 6 heteroatoms. The van der Waals surface area contributed by atoms with E-state index in [1.807, 2.05) is 12.3 Å². The molecule has 0 saturated carbocycles. The molecule has 1 aromatic rings. The lowest BCUT2D eigenvalue weighted by Gasteiger charge is -2.31. The van der Waals surface area contributed by atoms with Crippen molar-refractivity contribution in [1.29, 1.82) is 0 Å². The Morgan fingerprint density at radius 3 is 2.68 bits per heavy atom. The van der Waals surface area contributed by atoms with E-state index in [0.29, 0.717) is 11.0 Å². The number of nitrogens with one attached hydrogen (secondary N) is 2. The first kappa shape index (κ1) is 14.4. The fraction of sp³-hybridized carbons (Fsp3) is 0.692. The summed E-state index contributed by atoms with van der Waals surface area (Å²) in [5, 5.41) is 8.93. The molecule has 1 unspecified atom stereocenters. The summed E-state index contributed by atoms with van der Waals surface area (Å²) in [6.07, 6.45) is 0. The number of thiazole rings is 1. The van der Waals surface area contributed by atoms with E-state index in [-0.39, 0.29) is 11.9 Å². The zero-order chi connectivity index (χ0) is 13.8. The lowest BCUT2D eigenvalue weighted by molar-refractivity contribution is -0.120. The molecule has 1 amide bonds. The normalized spacial score (nSPS) is 18.5. The Morgan fingerprint density at radius 2 is 2.11 bits per heavy atom. The molecule has 2 rings (SSSR count). The van der Waals surface area contributed by atoms with Gasteiger partial charge in [-0.3, -0.25) is 9.69 Å². The van der Waals surface area contributed by atoms with Crippen LogP contribution in [0.2, 0.25) is 0 Å². The van der Waals surface area contributed by atoms with Crippen LogP contribution in [0.1, 0.15) is 32.4 Å². The highest BCUT2D eigenvalue weighted by molar-refractivity contribution is 7.13. The molecule has 0 aliphatic carbocycles. The van der Waals surface area contributed by atoms with Gasteiger partial charge in [-0.15, -0.1) is 11.3 Å². The molecule has 1 saturated heterocycles. The quantitative estimate of drug-likeness (QED) is 0.878. The van der Waals surface area contributed by atoms with Crippen molar-refractivity contribution in [2.75, 3.05) is 31.5 Å². The molecule has 1 aliphatic heterocycles. The average Bonchev–Trinajstić information content (AvgIpc) is 2.87. The number of hydrogen-bond acceptors (Lipinski definition) is 5. The van der Waals surface area contributed by atoms with Gasteiger partial charge in [0.15, 0.2) is 5.13 Å². The summed E-state index contributed by atoms with van der Waals surface area (Å²) < 4.78 is 0. The van der Waals surface area contributed by atoms with Gasteiger partial charge in [-0.2, -0.15) is 0 Å². The maximum absolute atomic E-state index is 12.2. The molecular weight excluding hydrogens is 260 g/mol. The molecule has 1 atom stereocenters. The maximum atomic E-state index is 12.2. The van der Waals surface area contributed by atoms with Crippen molar-refractivity contribution in [3.05, 3.63) is 11.1 Å². The molecule has 1 aliphatic rings. The zero-order valence-electron chi connectivity index (χ0n) is 11.8. The van der Waals surface area contributed by atoms with E-state index >= 15 is 0 Å². The second-order valence-electron chi connectivity index (χ2n) is 5.18. The standard InChI is InChI=1S/C13H22N4OS/c1-9(2)11-8-19-13(15-11)16-12(18)10(3)17-6-4-14-5-7-17/h8-10,14H,4-7H2,1-3H3,(H,15,16,18). The summed E-state index contributed by atoms with van der Waals surface area (Å²) in [6, 6.07) is -0.103. The lowest BCUT2D eigenvalue weighted by atomic mass is 10.2. The number of carbonyl (C=O) groups excluding carboxylic acids is 1. The molecule has 0 aromatic carbocycles. The van der Waals surface area contributed by atoms with E-state index in [9.17, 15) is 4.79 Å². The van der Waals surface area contributed by atoms with Crippen LogP contribution in [0.5, 0.6) is 0 Å². The minimum absolute atomic E-state index is 0.0338. The van der Waals surface area contributed by atoms with Crippen molar-refractivity contribution in [2.24, 2.45) is 0 Å². The molecule has 0 bridgehead atoms. The van der Waals surface area contributed by atoms with Crippen molar-refractivity contribution in [1.82, 2.24) is 15.2 Å². The molecule has 2 heterocycles. The molecule has 0 spiro atoms. The highest BCUT2D eigenvalue weighted by Gasteiger charge is 2.23. The van der Waals surface area contributed by atoms with E-state index in [1.165, 1.54) is 11.3 Å². The van der Waals surface area contributed by atoms with Gasteiger partial charge in [0.25, 0.3) is 0 Å². The van der Waals surface area contributed by atoms with Gasteiger partial charge in [-0.25, -0.2) is 4.98 Å². The summed E-state index contributed by atoms with van der Waals surface area (Å²) in [5.41, 5.74) is 1.04. The molecule has 1 fully saturated rings. The van der Waals surface area contributed by atoms with E-state index < -0.39 is 0 Å². The molecule has 1 aromatic heterocycles. The van der Waals surface area contributed by atoms with E-state index in [1.54, 1.807) is 0 Å². The molecule has 5 nitrogen and oxygen atoms in total. The van der Waals surface area contributed by atoms with Gasteiger partial charge < -0.3 is 10.6 Å². The topological polar surface area (TPSA) is 57.3 Å². The second kappa shape index (κ2) is 6.45. The van der Waals surface area contributed by atoms with E-state index in [0.717, 1.165) is 31.9 Å². The van der Waals surface area contributed by atoms with Crippen LogP contribution >= 0.6 is 11.3 Å². The lowest BCUT2D eigenvalue weighted by Crippen LogP contribution is -2.51. The number of aromatic nitrogens is 1. The molecule has 2 N–H and O–H groups in total. The van der Waals surface area contributed by atoms with Crippen molar-refractivity contribution in [3.63, 3.8) is 0 Å². The van der Waals surface area contributed by atoms with Gasteiger partial charge in [-0.1, -0.05) is 13.8 Å². The van der Waals surface area contributed by atoms with Gasteiger partial charge in [0, 0.05) is 31.6 Å². The summed E-state index contributed by atoms with van der Waals surface area (Å²) in [6.45, 7) is 9.90. The summed E-state index contributed by atoms with van der Waals surface area (Å²) in [4.78, 5) is 18.8. The third kappa shape index (κ3) is 3.75. The van der Waals surface area contributed by atoms with Crippen molar-refractivity contribution in [3.8, 4) is 0 Å². The molecule has 106 valence electrons. The predicted molar refractivity (Wildman–Crippen MR) is 78.7 cm³/mol. The highest BCUT2D eigenvalue weighted by atomic mass is 32.1. The van der Waals surface area contributed by atoms with Gasteiger partial charge in [0.2, 0.25) is 5.91 Å². The summed E-state index contributed by atoms with van der Waals surface area (Å²) in [7, 11) is 0. The largest absolute Gasteiger partial charge is 0.314 e. The van der Waals surface area contributed by atoms with Crippen LogP contribution in [0.15, 0.2) is 5.38 Å². The first-order valence-corrected chi connectivity index (χ1v) is 7.67. The number of hydrogen-bond donors (Lipinski definition) is 2. The molecule has 19 heavy (non-hydrogen) atoms. The number of amides is 1. The first-order valence-electron chi connectivity index (χ1n) is 6.79. The smallest absolute Gasteiger partial charge is 0.243 e. The number of carbonyl (C=O) groups is 1. The number of piperazine rings is 1. The Bertz CT molecular complexity index is 426. The van der Waals surface area contributed by atoms with Crippen molar-refractivity contribution >= 4 is 22.4 Å². The first-order chi connectivity index (χ1) is 9.08. The summed E-state index contributed by atoms with van der Waals surface area (Å²) in [5.74, 6) is 0.430. The van der Waals surface area contributed by atoms with Gasteiger partial charge >= 0.3 is 0 Å². The maximum Gasteiger partial charge on any atom is 0.243 e. The third-order valence-electron chi connectivity index (χ3n) is 3.42. The van der Waals surface area contributed by atoms with Crippen LogP contribution in [0.3, 0.4) is 0 Å². The highest BCUT2D eigenvalue weighted by Crippen LogP contribution is 2.21. The van der Waals surface area contributed by atoms with Crippen LogP contribution in [0.4, 0.5) is 5.13 Å². The van der Waals surface area contributed by atoms with E-state index in [2.05, 4.69) is 34.4 Å². The van der Waals surface area contributed by atoms with Crippen LogP contribution in [-0.2, 0) is 4.79 Å². The Labute approximate surface area is 118 Å².